The molecule has 0 saturated carbocycles. The molecule has 1 aromatic heterocycles. The van der Waals surface area contributed by atoms with Crippen LogP contribution in [0.4, 0.5) is 13.2 Å². The Morgan fingerprint density at radius 2 is 1.95 bits per heavy atom. The van der Waals surface area contributed by atoms with Crippen molar-refractivity contribution in [2.24, 2.45) is 7.05 Å². The molecule has 1 aromatic carbocycles. The highest BCUT2D eigenvalue weighted by Crippen LogP contribution is 2.17. The lowest BCUT2D eigenvalue weighted by Gasteiger charge is -2.04. The van der Waals surface area contributed by atoms with Gasteiger partial charge in [0.2, 0.25) is 0 Å². The van der Waals surface area contributed by atoms with Crippen molar-refractivity contribution in [2.75, 3.05) is 0 Å². The topological polar surface area (TPSA) is 34.9 Å². The fraction of sp³-hybridized carbons (Fsp3) is 0.231. The second-order valence-electron chi connectivity index (χ2n) is 4.09. The fourth-order valence-corrected chi connectivity index (χ4v) is 1.76. The zero-order chi connectivity index (χ0) is 14.0. The van der Waals surface area contributed by atoms with Crippen LogP contribution in [0.5, 0.6) is 0 Å². The maximum atomic E-state index is 13.4. The number of carbonyl (C=O) groups excluding carboxylic acids is 1. The van der Waals surface area contributed by atoms with Crippen molar-refractivity contribution in [3.05, 3.63) is 53.1 Å². The Labute approximate surface area is 107 Å². The number of rotatable bonds is 4. The predicted molar refractivity (Wildman–Crippen MR) is 62.2 cm³/mol. The van der Waals surface area contributed by atoms with Crippen LogP contribution < -0.4 is 0 Å². The molecule has 0 spiro atoms. The lowest BCUT2D eigenvalue weighted by molar-refractivity contribution is 0.0977. The summed E-state index contributed by atoms with van der Waals surface area (Å²) >= 11 is 0. The molecule has 19 heavy (non-hydrogen) atoms. The third-order valence-corrected chi connectivity index (χ3v) is 2.87. The van der Waals surface area contributed by atoms with Crippen molar-refractivity contribution in [3.8, 4) is 0 Å². The number of aromatic nitrogens is 2. The number of aryl methyl sites for hydroxylation is 2. The van der Waals surface area contributed by atoms with E-state index in [1.165, 1.54) is 0 Å². The number of hydrogen-bond donors (Lipinski definition) is 0. The van der Waals surface area contributed by atoms with Gasteiger partial charge in [0.1, 0.15) is 0 Å². The van der Waals surface area contributed by atoms with Crippen LogP contribution >= 0.6 is 0 Å². The molecule has 0 N–H and O–H groups in total. The van der Waals surface area contributed by atoms with Gasteiger partial charge < -0.3 is 0 Å². The zero-order valence-corrected chi connectivity index (χ0v) is 10.2. The van der Waals surface area contributed by atoms with Gasteiger partial charge >= 0.3 is 0 Å². The highest BCUT2D eigenvalue weighted by atomic mass is 19.2. The number of halogens is 3. The summed E-state index contributed by atoms with van der Waals surface area (Å²) < 4.78 is 40.8. The minimum Gasteiger partial charge on any atom is -0.294 e. The number of Topliss-reactive ketones (excluding diaryl/α,β-unsaturated/α-hetero) is 1. The lowest BCUT2D eigenvalue weighted by atomic mass is 10.0. The number of hydrogen-bond acceptors (Lipinski definition) is 2. The summed E-state index contributed by atoms with van der Waals surface area (Å²) in [7, 11) is 1.72. The molecular formula is C13H11F3N2O. The second-order valence-corrected chi connectivity index (χ2v) is 4.09. The molecule has 0 aliphatic heterocycles. The third kappa shape index (κ3) is 2.67. The summed E-state index contributed by atoms with van der Waals surface area (Å²) in [5.74, 6) is -4.93. The van der Waals surface area contributed by atoms with Crippen LogP contribution in [0.2, 0.25) is 0 Å². The van der Waals surface area contributed by atoms with Gasteiger partial charge in [-0.15, -0.1) is 0 Å². The summed E-state index contributed by atoms with van der Waals surface area (Å²) in [6.45, 7) is 0. The van der Waals surface area contributed by atoms with E-state index in [2.05, 4.69) is 5.10 Å². The summed E-state index contributed by atoms with van der Waals surface area (Å²) in [4.78, 5) is 11.8. The number of benzene rings is 1. The van der Waals surface area contributed by atoms with Crippen LogP contribution in [-0.2, 0) is 13.5 Å². The normalized spacial score (nSPS) is 10.7. The van der Waals surface area contributed by atoms with E-state index in [1.807, 2.05) is 0 Å². The van der Waals surface area contributed by atoms with E-state index in [9.17, 15) is 18.0 Å². The van der Waals surface area contributed by atoms with Crippen LogP contribution in [0.3, 0.4) is 0 Å². The third-order valence-electron chi connectivity index (χ3n) is 2.87. The monoisotopic (exact) mass is 268 g/mol. The van der Waals surface area contributed by atoms with Crippen molar-refractivity contribution >= 4 is 5.78 Å². The minimum absolute atomic E-state index is 0.00151. The summed E-state index contributed by atoms with van der Waals surface area (Å²) in [6.07, 6.45) is 1.94. The maximum absolute atomic E-state index is 13.4. The van der Waals surface area contributed by atoms with E-state index >= 15 is 0 Å². The van der Waals surface area contributed by atoms with Crippen molar-refractivity contribution in [1.29, 1.82) is 0 Å². The molecule has 0 aliphatic rings. The molecule has 3 nitrogen and oxygen atoms in total. The van der Waals surface area contributed by atoms with Crippen LogP contribution in [0.1, 0.15) is 22.5 Å². The quantitative estimate of drug-likeness (QED) is 0.631. The van der Waals surface area contributed by atoms with Crippen molar-refractivity contribution in [3.63, 3.8) is 0 Å². The van der Waals surface area contributed by atoms with Gasteiger partial charge in [0.15, 0.2) is 23.2 Å². The first kappa shape index (κ1) is 13.3. The van der Waals surface area contributed by atoms with Gasteiger partial charge in [-0.2, -0.15) is 5.10 Å². The van der Waals surface area contributed by atoms with Gasteiger partial charge in [-0.1, -0.05) is 0 Å². The van der Waals surface area contributed by atoms with E-state index in [4.69, 9.17) is 0 Å². The molecule has 100 valence electrons. The Balaban J connectivity index is 2.13. The number of ketones is 1. The molecule has 2 aromatic rings. The number of nitrogens with zero attached hydrogens (tertiary/aromatic N) is 2. The Morgan fingerprint density at radius 1 is 1.21 bits per heavy atom. The SMILES string of the molecule is Cn1nccc1CCC(=O)c1ccc(F)c(F)c1F. The van der Waals surface area contributed by atoms with Crippen molar-refractivity contribution in [2.45, 2.75) is 12.8 Å². The van der Waals surface area contributed by atoms with E-state index in [0.717, 1.165) is 17.8 Å². The Morgan fingerprint density at radius 3 is 2.58 bits per heavy atom. The first-order valence-corrected chi connectivity index (χ1v) is 5.64. The Bertz CT molecular complexity index is 622. The standard InChI is InChI=1S/C13H11F3N2O/c1-18-8(6-7-17-18)2-5-11(19)9-3-4-10(14)13(16)12(9)15/h3-4,6-7H,2,5H2,1H3. The maximum Gasteiger partial charge on any atom is 0.195 e. The molecule has 0 radical (unpaired) electrons. The van der Waals surface area contributed by atoms with E-state index in [-0.39, 0.29) is 6.42 Å². The molecule has 0 aliphatic carbocycles. The Hall–Kier alpha value is -2.11. The fourth-order valence-electron chi connectivity index (χ4n) is 1.76. The van der Waals surface area contributed by atoms with Gasteiger partial charge in [-0.25, -0.2) is 13.2 Å². The molecular weight excluding hydrogens is 257 g/mol. The smallest absolute Gasteiger partial charge is 0.195 e. The van der Waals surface area contributed by atoms with Gasteiger partial charge in [-0.3, -0.25) is 9.48 Å². The van der Waals surface area contributed by atoms with Crippen molar-refractivity contribution < 1.29 is 18.0 Å². The minimum atomic E-state index is -1.62. The van der Waals surface area contributed by atoms with Crippen LogP contribution in [0, 0.1) is 17.5 Å². The van der Waals surface area contributed by atoms with E-state index in [0.29, 0.717) is 6.42 Å². The molecule has 6 heteroatoms. The van der Waals surface area contributed by atoms with E-state index in [1.54, 1.807) is 24.0 Å². The molecule has 0 atom stereocenters. The van der Waals surface area contributed by atoms with Crippen LogP contribution in [-0.4, -0.2) is 15.6 Å². The Kier molecular flexibility index (Phi) is 3.69. The molecule has 1 heterocycles. The summed E-state index contributed by atoms with van der Waals surface area (Å²) in [6, 6.07) is 3.43. The molecule has 0 amide bonds. The zero-order valence-electron chi connectivity index (χ0n) is 10.2. The van der Waals surface area contributed by atoms with Crippen LogP contribution in [0.15, 0.2) is 24.4 Å². The highest BCUT2D eigenvalue weighted by Gasteiger charge is 2.18. The van der Waals surface area contributed by atoms with Gasteiger partial charge in [0.05, 0.1) is 5.56 Å². The molecule has 2 rings (SSSR count). The second kappa shape index (κ2) is 5.26. The average molecular weight is 268 g/mol. The van der Waals surface area contributed by atoms with Crippen molar-refractivity contribution in [1.82, 2.24) is 9.78 Å². The lowest BCUT2D eigenvalue weighted by Crippen LogP contribution is -2.08. The molecule has 0 unspecified atom stereocenters. The first-order chi connectivity index (χ1) is 9.00. The van der Waals surface area contributed by atoms with Gasteiger partial charge in [0, 0.05) is 25.4 Å². The largest absolute Gasteiger partial charge is 0.294 e. The molecule has 0 saturated heterocycles. The molecule has 0 fully saturated rings. The summed E-state index contributed by atoms with van der Waals surface area (Å²) in [5, 5.41) is 3.93. The number of carbonyl (C=O) groups is 1. The van der Waals surface area contributed by atoms with E-state index < -0.39 is 28.8 Å². The van der Waals surface area contributed by atoms with Gasteiger partial charge in [-0.05, 0) is 24.6 Å². The predicted octanol–water partition coefficient (Wildman–Crippen LogP) is 2.65. The first-order valence-electron chi connectivity index (χ1n) is 5.64. The highest BCUT2D eigenvalue weighted by molar-refractivity contribution is 5.96. The average Bonchev–Trinajstić information content (AvgIpc) is 2.79. The molecule has 0 bridgehead atoms. The summed E-state index contributed by atoms with van der Waals surface area (Å²) in [5.41, 5.74) is 0.373. The van der Waals surface area contributed by atoms with Crippen LogP contribution in [0.25, 0.3) is 0 Å². The van der Waals surface area contributed by atoms with Gasteiger partial charge in [0.25, 0.3) is 0 Å².